The molecule has 0 aliphatic heterocycles. The van der Waals surface area contributed by atoms with Crippen LogP contribution in [0.1, 0.15) is 98.8 Å². The van der Waals surface area contributed by atoms with E-state index in [1.54, 1.807) is 71.3 Å². The van der Waals surface area contributed by atoms with E-state index in [2.05, 4.69) is 62.8 Å². The molecule has 0 saturated carbocycles. The number of carbonyl (C=O) groups excluding carboxylic acids is 12. The van der Waals surface area contributed by atoms with Crippen molar-refractivity contribution in [3.05, 3.63) is 54.2 Å². The van der Waals surface area contributed by atoms with Gasteiger partial charge in [0.2, 0.25) is 65.0 Å². The maximum absolute atomic E-state index is 14.3. The first kappa shape index (κ1) is 67.0. The zero-order chi connectivity index (χ0) is 60.7. The summed E-state index contributed by atoms with van der Waals surface area (Å²) in [6.45, 7) is 12.2. The summed E-state index contributed by atoms with van der Waals surface area (Å²) in [5.74, 6) is -10.8. The van der Waals surface area contributed by atoms with E-state index in [9.17, 15) is 57.5 Å². The van der Waals surface area contributed by atoms with Crippen LogP contribution in [0.3, 0.4) is 0 Å². The molecule has 3 aromatic rings. The van der Waals surface area contributed by atoms with Gasteiger partial charge in [-0.05, 0) is 82.4 Å². The van der Waals surface area contributed by atoms with Crippen molar-refractivity contribution < 1.29 is 62.3 Å². The number of aromatic amines is 2. The fraction of sp³-hybridized carbons (Fsp3) is 0.558. The van der Waals surface area contributed by atoms with E-state index < -0.39 is 150 Å². The Morgan fingerprint density at radius 2 is 1.28 bits per heavy atom. The number of nitrogens with one attached hydrogen (secondary N) is 11. The van der Waals surface area contributed by atoms with Crippen LogP contribution in [0.4, 0.5) is 4.79 Å². The summed E-state index contributed by atoms with van der Waals surface area (Å²) in [6.07, 6.45) is 2.38. The van der Waals surface area contributed by atoms with Crippen molar-refractivity contribution in [1.82, 2.24) is 62.8 Å². The average molecular weight is 1150 g/mol. The lowest BCUT2D eigenvalue weighted by atomic mass is 9.99. The Hall–Kier alpha value is -8.24. The number of alkyl carbamates (subject to hydrolysis) is 1. The van der Waals surface area contributed by atoms with E-state index in [-0.39, 0.29) is 38.0 Å². The SMILES string of the molecule is CSCCC(C(N)=O)C(=O)NC(CC(C)C)C(=O)NC(Cc1cnc[nH]1)C(=O)NCC(=O)NC(C(=O)NC(C)C(=O)NC(Cc1c[nH]c2ccccc12)C(=O)NC(CCC(N)=O)C(=O)NC(CC(N)=O)NC(=O)OC(C)(C)C)C(C)C. The van der Waals surface area contributed by atoms with Gasteiger partial charge in [-0.25, -0.2) is 9.78 Å². The minimum absolute atomic E-state index is 0.122. The lowest BCUT2D eigenvalue weighted by Crippen LogP contribution is -2.60. The molecule has 17 N–H and O–H groups in total. The molecule has 1 aromatic carbocycles. The molecule has 8 unspecified atom stereocenters. The van der Waals surface area contributed by atoms with Gasteiger partial charge in [0.25, 0.3) is 0 Å². The molecule has 0 radical (unpaired) electrons. The first-order chi connectivity index (χ1) is 38.0. The average Bonchev–Trinajstić information content (AvgIpc) is 4.05. The third-order valence-electron chi connectivity index (χ3n) is 12.1. The molecule has 8 atom stereocenters. The molecular formula is C52H79N15O13S. The summed E-state index contributed by atoms with van der Waals surface area (Å²) >= 11 is 1.41. The van der Waals surface area contributed by atoms with Crippen LogP contribution in [-0.2, 0) is 70.3 Å². The van der Waals surface area contributed by atoms with Gasteiger partial charge in [0.1, 0.15) is 53.9 Å². The summed E-state index contributed by atoms with van der Waals surface area (Å²) in [5.41, 5.74) is 17.0. The van der Waals surface area contributed by atoms with Crippen molar-refractivity contribution in [1.29, 1.82) is 0 Å². The van der Waals surface area contributed by atoms with Gasteiger partial charge in [0.05, 0.1) is 19.3 Å². The van der Waals surface area contributed by atoms with E-state index in [0.29, 0.717) is 27.9 Å². The van der Waals surface area contributed by atoms with Gasteiger partial charge in [0.15, 0.2) is 0 Å². The van der Waals surface area contributed by atoms with E-state index in [4.69, 9.17) is 21.9 Å². The second-order valence-corrected chi connectivity index (χ2v) is 22.1. The number of amides is 12. The van der Waals surface area contributed by atoms with Crippen molar-refractivity contribution in [2.75, 3.05) is 18.6 Å². The van der Waals surface area contributed by atoms with Crippen LogP contribution in [0.15, 0.2) is 43.0 Å². The number of nitrogens with two attached hydrogens (primary N) is 3. The standard InChI is InChI=1S/C52H79N15O13S/c1-26(2)18-35(63-45(73)32(43(55)71)16-17-81-9)48(76)64-37(20-30-23-56-25-59-30)46(74)58-24-41(70)67-42(27(3)4)50(78)60-28(5)44(72)62-36(19-29-22-57-33-13-11-10-12-31(29)33)49(77)61-34(14-15-38(53)68)47(75)65-40(21-39(54)69)66-51(79)80-52(6,7)8/h10-13,22-23,25-28,32,34-37,40,42,57H,14-21,24H2,1-9H3,(H2,53,68)(H2,54,69)(H2,55,71)(H,56,59)(H,58,74)(H,60,78)(H,61,77)(H,62,72)(H,63,73)(H,64,76)(H,65,75)(H,66,79)(H,67,70). The number of primary amides is 3. The number of hydrogen-bond donors (Lipinski definition) is 14. The fourth-order valence-electron chi connectivity index (χ4n) is 8.05. The molecule has 0 saturated heterocycles. The van der Waals surface area contributed by atoms with Crippen molar-refractivity contribution in [2.45, 2.75) is 148 Å². The number of nitrogens with zero attached hydrogens (tertiary/aromatic N) is 1. The highest BCUT2D eigenvalue weighted by molar-refractivity contribution is 7.98. The van der Waals surface area contributed by atoms with Crippen LogP contribution < -0.4 is 65.1 Å². The molecule has 29 heteroatoms. The molecule has 2 aromatic heterocycles. The molecule has 0 spiro atoms. The number of para-hydroxylation sites is 1. The first-order valence-electron chi connectivity index (χ1n) is 26.2. The Labute approximate surface area is 473 Å². The molecule has 12 amide bonds. The highest BCUT2D eigenvalue weighted by Crippen LogP contribution is 2.20. The van der Waals surface area contributed by atoms with E-state index in [1.807, 2.05) is 13.8 Å². The smallest absolute Gasteiger partial charge is 0.409 e. The number of ether oxygens (including phenoxy) is 1. The van der Waals surface area contributed by atoms with E-state index in [1.165, 1.54) is 31.2 Å². The second-order valence-electron chi connectivity index (χ2n) is 21.1. The maximum Gasteiger partial charge on any atom is 0.409 e. The number of aromatic nitrogens is 3. The molecule has 0 bridgehead atoms. The van der Waals surface area contributed by atoms with Crippen LogP contribution >= 0.6 is 11.8 Å². The highest BCUT2D eigenvalue weighted by Gasteiger charge is 2.35. The Kier molecular flexibility index (Phi) is 26.6. The third-order valence-corrected chi connectivity index (χ3v) is 12.8. The maximum atomic E-state index is 14.3. The van der Waals surface area contributed by atoms with E-state index >= 15 is 0 Å². The summed E-state index contributed by atoms with van der Waals surface area (Å²) in [7, 11) is 0. The first-order valence-corrected chi connectivity index (χ1v) is 27.6. The molecule has 3 rings (SSSR count). The molecular weight excluding hydrogens is 1070 g/mol. The predicted molar refractivity (Wildman–Crippen MR) is 298 cm³/mol. The van der Waals surface area contributed by atoms with Crippen molar-refractivity contribution in [3.63, 3.8) is 0 Å². The molecule has 81 heavy (non-hydrogen) atoms. The number of fused-ring (bicyclic) bond motifs is 1. The van der Waals surface area contributed by atoms with Crippen LogP contribution in [-0.4, -0.2) is 153 Å². The Morgan fingerprint density at radius 1 is 0.667 bits per heavy atom. The zero-order valence-corrected chi connectivity index (χ0v) is 47.9. The van der Waals surface area contributed by atoms with Crippen LogP contribution in [0.25, 0.3) is 10.9 Å². The Bertz CT molecular complexity index is 2690. The molecule has 2 heterocycles. The molecule has 0 fully saturated rings. The monoisotopic (exact) mass is 1150 g/mol. The number of carbonyl (C=O) groups is 12. The zero-order valence-electron chi connectivity index (χ0n) is 47.1. The van der Waals surface area contributed by atoms with Gasteiger partial charge in [-0.15, -0.1) is 0 Å². The van der Waals surface area contributed by atoms with Crippen molar-refractivity contribution in [2.24, 2.45) is 35.0 Å². The molecule has 0 aliphatic carbocycles. The lowest BCUT2D eigenvalue weighted by molar-refractivity contribution is -0.137. The molecule has 0 aliphatic rings. The summed E-state index contributed by atoms with van der Waals surface area (Å²) in [6, 6.07) is -1.06. The quantitative estimate of drug-likeness (QED) is 0.0241. The summed E-state index contributed by atoms with van der Waals surface area (Å²) in [4.78, 5) is 169. The Morgan fingerprint density at radius 3 is 1.88 bits per heavy atom. The van der Waals surface area contributed by atoms with Crippen LogP contribution in [0.2, 0.25) is 0 Å². The van der Waals surface area contributed by atoms with E-state index in [0.717, 1.165) is 0 Å². The largest absolute Gasteiger partial charge is 0.444 e. The third kappa shape index (κ3) is 23.6. The number of rotatable bonds is 33. The van der Waals surface area contributed by atoms with Gasteiger partial charge < -0.3 is 79.8 Å². The summed E-state index contributed by atoms with van der Waals surface area (Å²) < 4.78 is 5.24. The Balaban J connectivity index is 1.80. The fourth-order valence-corrected chi connectivity index (χ4v) is 8.52. The van der Waals surface area contributed by atoms with Crippen LogP contribution in [0, 0.1) is 17.8 Å². The number of imidazole rings is 1. The van der Waals surface area contributed by atoms with Crippen LogP contribution in [0.5, 0.6) is 0 Å². The minimum Gasteiger partial charge on any atom is -0.444 e. The topological polar surface area (TPSA) is 445 Å². The van der Waals surface area contributed by atoms with Gasteiger partial charge in [-0.2, -0.15) is 11.8 Å². The van der Waals surface area contributed by atoms with Gasteiger partial charge >= 0.3 is 6.09 Å². The lowest BCUT2D eigenvalue weighted by Gasteiger charge is -2.27. The van der Waals surface area contributed by atoms with Gasteiger partial charge in [-0.1, -0.05) is 45.9 Å². The normalized spacial score (nSPS) is 14.3. The minimum atomic E-state index is -1.54. The van der Waals surface area contributed by atoms with Crippen molar-refractivity contribution >= 4 is 93.7 Å². The summed E-state index contributed by atoms with van der Waals surface area (Å²) in [5, 5.41) is 23.4. The number of H-pyrrole nitrogens is 2. The predicted octanol–water partition coefficient (Wildman–Crippen LogP) is -1.61. The number of hydrogen-bond acceptors (Lipinski definition) is 15. The van der Waals surface area contributed by atoms with Crippen molar-refractivity contribution in [3.8, 4) is 0 Å². The second kappa shape index (κ2) is 32.1. The highest BCUT2D eigenvalue weighted by atomic mass is 32.2. The molecule has 446 valence electrons. The van der Waals surface area contributed by atoms with Gasteiger partial charge in [0, 0.05) is 48.3 Å². The number of benzene rings is 1. The number of thioether (sulfide) groups is 1. The molecule has 28 nitrogen and oxygen atoms in total. The van der Waals surface area contributed by atoms with Gasteiger partial charge in [-0.3, -0.25) is 52.7 Å².